The quantitative estimate of drug-likeness (QED) is 0.795. The molecule has 3 heterocycles. The number of hydrogen-bond acceptors (Lipinski definition) is 6. The van der Waals surface area contributed by atoms with E-state index in [-0.39, 0.29) is 17.9 Å². The molecule has 0 spiro atoms. The first-order chi connectivity index (χ1) is 11.7. The van der Waals surface area contributed by atoms with E-state index in [1.54, 1.807) is 12.1 Å². The third-order valence-electron chi connectivity index (χ3n) is 4.69. The molecule has 1 aromatic heterocycles. The van der Waals surface area contributed by atoms with Crippen molar-refractivity contribution in [2.45, 2.75) is 31.2 Å². The van der Waals surface area contributed by atoms with Crippen molar-refractivity contribution >= 4 is 17.6 Å². The van der Waals surface area contributed by atoms with E-state index in [2.05, 4.69) is 15.0 Å². The van der Waals surface area contributed by atoms with Gasteiger partial charge in [-0.1, -0.05) is 16.8 Å². The number of esters is 1. The van der Waals surface area contributed by atoms with Gasteiger partial charge in [0.25, 0.3) is 0 Å². The first-order valence-electron chi connectivity index (χ1n) is 8.21. The second kappa shape index (κ2) is 6.53. The molecule has 6 nitrogen and oxygen atoms in total. The molecule has 0 N–H and O–H groups in total. The van der Waals surface area contributed by atoms with Gasteiger partial charge in [-0.3, -0.25) is 9.69 Å². The summed E-state index contributed by atoms with van der Waals surface area (Å²) in [7, 11) is 0. The number of hydrogen-bond donors (Lipinski definition) is 0. The van der Waals surface area contributed by atoms with Gasteiger partial charge in [-0.15, -0.1) is 0 Å². The van der Waals surface area contributed by atoms with Crippen molar-refractivity contribution in [2.75, 3.05) is 19.7 Å². The minimum Gasteiger partial charge on any atom is -0.464 e. The Bertz CT molecular complexity index is 731. The molecular formula is C17H18ClN3O3. The summed E-state index contributed by atoms with van der Waals surface area (Å²) in [5, 5.41) is 4.76. The molecule has 0 radical (unpaired) electrons. The first kappa shape index (κ1) is 15.6. The second-order valence-corrected chi connectivity index (χ2v) is 6.71. The molecule has 2 fully saturated rings. The van der Waals surface area contributed by atoms with Crippen LogP contribution in [0.2, 0.25) is 5.02 Å². The molecule has 4 rings (SSSR count). The largest absolute Gasteiger partial charge is 0.464 e. The van der Waals surface area contributed by atoms with E-state index in [0.29, 0.717) is 23.3 Å². The number of aromatic nitrogens is 2. The van der Waals surface area contributed by atoms with Crippen LogP contribution >= 0.6 is 11.6 Å². The summed E-state index contributed by atoms with van der Waals surface area (Å²) in [4.78, 5) is 18.5. The summed E-state index contributed by atoms with van der Waals surface area (Å²) in [5.74, 6) is 1.25. The van der Waals surface area contributed by atoms with Gasteiger partial charge in [0.1, 0.15) is 6.04 Å². The summed E-state index contributed by atoms with van der Waals surface area (Å²) in [6.45, 7) is 2.18. The van der Waals surface area contributed by atoms with Gasteiger partial charge in [-0.2, -0.15) is 4.98 Å². The van der Waals surface area contributed by atoms with Crippen LogP contribution in [0, 0.1) is 0 Å². The van der Waals surface area contributed by atoms with Crippen molar-refractivity contribution in [3.05, 3.63) is 35.2 Å². The van der Waals surface area contributed by atoms with E-state index in [4.69, 9.17) is 20.9 Å². The van der Waals surface area contributed by atoms with Crippen LogP contribution in [0.1, 0.15) is 31.1 Å². The highest BCUT2D eigenvalue weighted by atomic mass is 35.5. The number of likely N-dealkylation sites (tertiary alicyclic amines) is 1. The highest BCUT2D eigenvalue weighted by Crippen LogP contribution is 2.30. The van der Waals surface area contributed by atoms with E-state index >= 15 is 0 Å². The fraction of sp³-hybridized carbons (Fsp3) is 0.471. The SMILES string of the molecule is O=C1OCC[C@@H]1N1CCC[C@H](c2nc(-c3ccc(Cl)cc3)no2)C1. The number of cyclic esters (lactones) is 1. The van der Waals surface area contributed by atoms with E-state index < -0.39 is 0 Å². The topological polar surface area (TPSA) is 68.5 Å². The maximum absolute atomic E-state index is 11.8. The van der Waals surface area contributed by atoms with Gasteiger partial charge >= 0.3 is 5.97 Å². The van der Waals surface area contributed by atoms with Gasteiger partial charge < -0.3 is 9.26 Å². The molecule has 0 bridgehead atoms. The van der Waals surface area contributed by atoms with Crippen molar-refractivity contribution in [1.82, 2.24) is 15.0 Å². The minimum atomic E-state index is -0.119. The highest BCUT2D eigenvalue weighted by Gasteiger charge is 2.36. The molecular weight excluding hydrogens is 330 g/mol. The van der Waals surface area contributed by atoms with Crippen molar-refractivity contribution < 1.29 is 14.1 Å². The molecule has 24 heavy (non-hydrogen) atoms. The number of halogens is 1. The number of nitrogens with zero attached hydrogens (tertiary/aromatic N) is 3. The monoisotopic (exact) mass is 347 g/mol. The Kier molecular flexibility index (Phi) is 4.24. The van der Waals surface area contributed by atoms with Crippen LogP contribution in [0.25, 0.3) is 11.4 Å². The van der Waals surface area contributed by atoms with E-state index in [0.717, 1.165) is 37.9 Å². The second-order valence-electron chi connectivity index (χ2n) is 6.27. The lowest BCUT2D eigenvalue weighted by Gasteiger charge is -2.33. The predicted molar refractivity (Wildman–Crippen MR) is 87.7 cm³/mol. The zero-order valence-electron chi connectivity index (χ0n) is 13.2. The van der Waals surface area contributed by atoms with Gasteiger partial charge in [-0.05, 0) is 43.7 Å². The Hall–Kier alpha value is -1.92. The molecule has 2 aliphatic rings. The zero-order chi connectivity index (χ0) is 16.5. The summed E-state index contributed by atoms with van der Waals surface area (Å²) in [6, 6.07) is 7.24. The van der Waals surface area contributed by atoms with E-state index in [1.165, 1.54) is 0 Å². The maximum atomic E-state index is 11.8. The van der Waals surface area contributed by atoms with Crippen molar-refractivity contribution in [3.63, 3.8) is 0 Å². The maximum Gasteiger partial charge on any atom is 0.323 e. The highest BCUT2D eigenvalue weighted by molar-refractivity contribution is 6.30. The smallest absolute Gasteiger partial charge is 0.323 e. The fourth-order valence-corrected chi connectivity index (χ4v) is 3.55. The van der Waals surface area contributed by atoms with Crippen LogP contribution in [0.4, 0.5) is 0 Å². The number of carbonyl (C=O) groups is 1. The molecule has 0 saturated carbocycles. The number of ether oxygens (including phenoxy) is 1. The zero-order valence-corrected chi connectivity index (χ0v) is 13.9. The number of benzene rings is 1. The first-order valence-corrected chi connectivity index (χ1v) is 8.59. The van der Waals surface area contributed by atoms with Gasteiger partial charge in [0.15, 0.2) is 0 Å². The molecule has 126 valence electrons. The molecule has 1 aromatic carbocycles. The van der Waals surface area contributed by atoms with Crippen LogP contribution in [0.3, 0.4) is 0 Å². The molecule has 0 amide bonds. The third-order valence-corrected chi connectivity index (χ3v) is 4.95. The Morgan fingerprint density at radius 3 is 2.79 bits per heavy atom. The standard InChI is InChI=1S/C17H18ClN3O3/c18-13-5-3-11(4-6-13)15-19-16(24-20-15)12-2-1-8-21(10-12)14-7-9-23-17(14)22/h3-6,12,14H,1-2,7-10H2/t12-,14-/m0/s1. The molecule has 2 aromatic rings. The lowest BCUT2D eigenvalue weighted by Crippen LogP contribution is -2.44. The molecule has 0 unspecified atom stereocenters. The van der Waals surface area contributed by atoms with Gasteiger partial charge in [0, 0.05) is 23.6 Å². The Labute approximate surface area is 144 Å². The fourth-order valence-electron chi connectivity index (χ4n) is 3.43. The summed E-state index contributed by atoms with van der Waals surface area (Å²) in [5.41, 5.74) is 0.876. The minimum absolute atomic E-state index is 0.108. The lowest BCUT2D eigenvalue weighted by atomic mass is 9.96. The Morgan fingerprint density at radius 1 is 1.21 bits per heavy atom. The molecule has 0 aliphatic carbocycles. The van der Waals surface area contributed by atoms with Crippen LogP contribution < -0.4 is 0 Å². The molecule has 2 aliphatic heterocycles. The average Bonchev–Trinajstić information content (AvgIpc) is 3.25. The van der Waals surface area contributed by atoms with Gasteiger partial charge in [0.05, 0.1) is 12.5 Å². The van der Waals surface area contributed by atoms with Crippen LogP contribution in [-0.4, -0.2) is 46.7 Å². The molecule has 2 atom stereocenters. The molecule has 7 heteroatoms. The van der Waals surface area contributed by atoms with Crippen molar-refractivity contribution in [2.24, 2.45) is 0 Å². The third kappa shape index (κ3) is 3.03. The number of carbonyl (C=O) groups excluding carboxylic acids is 1. The molecule has 2 saturated heterocycles. The summed E-state index contributed by atoms with van der Waals surface area (Å²) >= 11 is 5.91. The van der Waals surface area contributed by atoms with Crippen LogP contribution in [-0.2, 0) is 9.53 Å². The Morgan fingerprint density at radius 2 is 2.04 bits per heavy atom. The van der Waals surface area contributed by atoms with E-state index in [1.807, 2.05) is 12.1 Å². The summed E-state index contributed by atoms with van der Waals surface area (Å²) < 4.78 is 10.6. The Balaban J connectivity index is 1.49. The predicted octanol–water partition coefficient (Wildman–Crippen LogP) is 2.88. The van der Waals surface area contributed by atoms with Crippen molar-refractivity contribution in [3.8, 4) is 11.4 Å². The number of rotatable bonds is 3. The van der Waals surface area contributed by atoms with Crippen molar-refractivity contribution in [1.29, 1.82) is 0 Å². The summed E-state index contributed by atoms with van der Waals surface area (Å²) in [6.07, 6.45) is 2.76. The lowest BCUT2D eigenvalue weighted by molar-refractivity contribution is -0.142. The van der Waals surface area contributed by atoms with Gasteiger partial charge in [0.2, 0.25) is 11.7 Å². The van der Waals surface area contributed by atoms with E-state index in [9.17, 15) is 4.79 Å². The van der Waals surface area contributed by atoms with Crippen LogP contribution in [0.5, 0.6) is 0 Å². The normalized spacial score (nSPS) is 25.0. The van der Waals surface area contributed by atoms with Crippen LogP contribution in [0.15, 0.2) is 28.8 Å². The average molecular weight is 348 g/mol. The van der Waals surface area contributed by atoms with Gasteiger partial charge in [-0.25, -0.2) is 0 Å². The number of piperidine rings is 1.